The summed E-state index contributed by atoms with van der Waals surface area (Å²) in [5, 5.41) is 8.34. The van der Waals surface area contributed by atoms with Crippen molar-refractivity contribution in [1.82, 2.24) is 25.1 Å². The molecule has 0 bridgehead atoms. The Hall–Kier alpha value is -3.41. The quantitative estimate of drug-likeness (QED) is 0.564. The molecule has 6 nitrogen and oxygen atoms in total. The van der Waals surface area contributed by atoms with Crippen LogP contribution >= 0.6 is 0 Å². The molecule has 4 rings (SSSR count). The van der Waals surface area contributed by atoms with E-state index >= 15 is 0 Å². The molecule has 4 aromatic rings. The van der Waals surface area contributed by atoms with Crippen LogP contribution in [0.2, 0.25) is 0 Å². The fourth-order valence-electron chi connectivity index (χ4n) is 3.09. The zero-order valence-corrected chi connectivity index (χ0v) is 14.2. The van der Waals surface area contributed by atoms with E-state index in [9.17, 15) is 4.79 Å². The maximum absolute atomic E-state index is 12.3. The fourth-order valence-corrected chi connectivity index (χ4v) is 3.09. The van der Waals surface area contributed by atoms with E-state index in [0.29, 0.717) is 19.4 Å². The number of amides is 1. The minimum atomic E-state index is 0.0312. The molecule has 0 unspecified atom stereocenters. The predicted molar refractivity (Wildman–Crippen MR) is 99.8 cm³/mol. The number of carbonyl (C=O) groups is 1. The second-order valence-electron chi connectivity index (χ2n) is 6.10. The number of aromatic nitrogens is 4. The number of fused-ring (bicyclic) bond motifs is 1. The van der Waals surface area contributed by atoms with Gasteiger partial charge in [0.25, 0.3) is 0 Å². The van der Waals surface area contributed by atoms with Gasteiger partial charge >= 0.3 is 0 Å². The Labute approximate surface area is 150 Å². The number of H-pyrrole nitrogens is 1. The Morgan fingerprint density at radius 3 is 2.81 bits per heavy atom. The molecule has 2 aromatic heterocycles. The first-order valence-electron chi connectivity index (χ1n) is 8.56. The molecule has 0 aliphatic heterocycles. The van der Waals surface area contributed by atoms with Gasteiger partial charge in [0.1, 0.15) is 12.7 Å². The smallest absolute Gasteiger partial charge is 0.220 e. The molecule has 1 amide bonds. The standard InChI is InChI=1S/C20H19N5O/c26-20(10-9-15-11-22-18-7-3-2-6-17(15)18)23-12-16-5-1-4-8-19(16)25-14-21-13-24-25/h1-8,11,13-14,22H,9-10,12H2,(H,23,26). The fraction of sp³-hybridized carbons (Fsp3) is 0.150. The summed E-state index contributed by atoms with van der Waals surface area (Å²) >= 11 is 0. The van der Waals surface area contributed by atoms with Gasteiger partial charge in [0, 0.05) is 30.1 Å². The number of benzene rings is 2. The number of rotatable bonds is 6. The van der Waals surface area contributed by atoms with Gasteiger partial charge in [0.15, 0.2) is 0 Å². The molecule has 0 saturated heterocycles. The van der Waals surface area contributed by atoms with Crippen LogP contribution in [-0.2, 0) is 17.8 Å². The average molecular weight is 345 g/mol. The van der Waals surface area contributed by atoms with Crippen molar-refractivity contribution in [2.75, 3.05) is 0 Å². The third-order valence-electron chi connectivity index (χ3n) is 4.43. The van der Waals surface area contributed by atoms with Crippen LogP contribution in [0.1, 0.15) is 17.5 Å². The summed E-state index contributed by atoms with van der Waals surface area (Å²) in [5.41, 5.74) is 4.18. The highest BCUT2D eigenvalue weighted by molar-refractivity contribution is 5.84. The van der Waals surface area contributed by atoms with E-state index in [2.05, 4.69) is 26.4 Å². The number of para-hydroxylation sites is 2. The number of hydrogen-bond donors (Lipinski definition) is 2. The van der Waals surface area contributed by atoms with E-state index in [4.69, 9.17) is 0 Å². The summed E-state index contributed by atoms with van der Waals surface area (Å²) in [6.45, 7) is 0.461. The zero-order chi connectivity index (χ0) is 17.8. The van der Waals surface area contributed by atoms with E-state index < -0.39 is 0 Å². The van der Waals surface area contributed by atoms with Crippen molar-refractivity contribution in [3.63, 3.8) is 0 Å². The van der Waals surface area contributed by atoms with Crippen molar-refractivity contribution in [1.29, 1.82) is 0 Å². The Morgan fingerprint density at radius 1 is 1.08 bits per heavy atom. The highest BCUT2D eigenvalue weighted by Gasteiger charge is 2.09. The van der Waals surface area contributed by atoms with Crippen molar-refractivity contribution < 1.29 is 4.79 Å². The molecule has 6 heteroatoms. The second-order valence-corrected chi connectivity index (χ2v) is 6.10. The number of nitrogens with zero attached hydrogens (tertiary/aromatic N) is 3. The van der Waals surface area contributed by atoms with Crippen molar-refractivity contribution >= 4 is 16.8 Å². The summed E-state index contributed by atoms with van der Waals surface area (Å²) in [4.78, 5) is 19.5. The van der Waals surface area contributed by atoms with Crippen molar-refractivity contribution in [3.05, 3.63) is 78.5 Å². The van der Waals surface area contributed by atoms with Crippen LogP contribution in [0.3, 0.4) is 0 Å². The van der Waals surface area contributed by atoms with Crippen LogP contribution in [-0.4, -0.2) is 25.7 Å². The largest absolute Gasteiger partial charge is 0.361 e. The molecular weight excluding hydrogens is 326 g/mol. The molecule has 0 spiro atoms. The molecule has 26 heavy (non-hydrogen) atoms. The highest BCUT2D eigenvalue weighted by Crippen LogP contribution is 2.19. The number of carbonyl (C=O) groups excluding carboxylic acids is 1. The minimum Gasteiger partial charge on any atom is -0.361 e. The van der Waals surface area contributed by atoms with Crippen LogP contribution < -0.4 is 5.32 Å². The second kappa shape index (κ2) is 7.23. The number of nitrogens with one attached hydrogen (secondary N) is 2. The van der Waals surface area contributed by atoms with Gasteiger partial charge < -0.3 is 10.3 Å². The molecule has 0 fully saturated rings. The van der Waals surface area contributed by atoms with Gasteiger partial charge in [-0.3, -0.25) is 4.79 Å². The maximum atomic E-state index is 12.3. The summed E-state index contributed by atoms with van der Waals surface area (Å²) in [6, 6.07) is 16.0. The summed E-state index contributed by atoms with van der Waals surface area (Å²) in [7, 11) is 0. The average Bonchev–Trinajstić information content (AvgIpc) is 3.35. The van der Waals surface area contributed by atoms with Gasteiger partial charge in [0.2, 0.25) is 5.91 Å². The molecule has 130 valence electrons. The van der Waals surface area contributed by atoms with E-state index in [0.717, 1.165) is 16.8 Å². The van der Waals surface area contributed by atoms with E-state index in [1.807, 2.05) is 48.7 Å². The summed E-state index contributed by atoms with van der Waals surface area (Å²) < 4.78 is 1.70. The monoisotopic (exact) mass is 345 g/mol. The maximum Gasteiger partial charge on any atom is 0.220 e. The van der Waals surface area contributed by atoms with Crippen molar-refractivity contribution in [2.24, 2.45) is 0 Å². The van der Waals surface area contributed by atoms with Crippen LogP contribution in [0, 0.1) is 0 Å². The van der Waals surface area contributed by atoms with Crippen LogP contribution in [0.5, 0.6) is 0 Å². The normalized spacial score (nSPS) is 10.9. The van der Waals surface area contributed by atoms with Crippen molar-refractivity contribution in [2.45, 2.75) is 19.4 Å². The van der Waals surface area contributed by atoms with Crippen LogP contribution in [0.15, 0.2) is 67.4 Å². The Bertz CT molecular complexity index is 1020. The SMILES string of the molecule is O=C(CCc1c[nH]c2ccccc12)NCc1ccccc1-n1cncn1. The minimum absolute atomic E-state index is 0.0312. The molecule has 2 aromatic carbocycles. The van der Waals surface area contributed by atoms with E-state index in [1.54, 1.807) is 11.0 Å². The number of hydrogen-bond acceptors (Lipinski definition) is 3. The highest BCUT2D eigenvalue weighted by atomic mass is 16.1. The van der Waals surface area contributed by atoms with Crippen LogP contribution in [0.25, 0.3) is 16.6 Å². The Morgan fingerprint density at radius 2 is 1.92 bits per heavy atom. The number of aromatic amines is 1. The van der Waals surface area contributed by atoms with Gasteiger partial charge in [-0.25, -0.2) is 9.67 Å². The van der Waals surface area contributed by atoms with E-state index in [1.165, 1.54) is 17.3 Å². The summed E-state index contributed by atoms with van der Waals surface area (Å²) in [5.74, 6) is 0.0312. The first-order chi connectivity index (χ1) is 12.8. The van der Waals surface area contributed by atoms with Crippen molar-refractivity contribution in [3.8, 4) is 5.69 Å². The van der Waals surface area contributed by atoms with Gasteiger partial charge in [-0.15, -0.1) is 0 Å². The molecule has 2 N–H and O–H groups in total. The third kappa shape index (κ3) is 3.35. The first kappa shape index (κ1) is 16.1. The molecule has 0 atom stereocenters. The molecule has 0 radical (unpaired) electrons. The van der Waals surface area contributed by atoms with Crippen LogP contribution in [0.4, 0.5) is 0 Å². The van der Waals surface area contributed by atoms with Gasteiger partial charge in [-0.05, 0) is 29.7 Å². The molecule has 0 aliphatic carbocycles. The van der Waals surface area contributed by atoms with Gasteiger partial charge in [0.05, 0.1) is 5.69 Å². The lowest BCUT2D eigenvalue weighted by Gasteiger charge is -2.10. The van der Waals surface area contributed by atoms with E-state index in [-0.39, 0.29) is 5.91 Å². The lowest BCUT2D eigenvalue weighted by molar-refractivity contribution is -0.121. The van der Waals surface area contributed by atoms with Gasteiger partial charge in [-0.2, -0.15) is 5.10 Å². The van der Waals surface area contributed by atoms with Gasteiger partial charge in [-0.1, -0.05) is 36.4 Å². The molecular formula is C20H19N5O. The topological polar surface area (TPSA) is 75.6 Å². The first-order valence-corrected chi connectivity index (χ1v) is 8.56. The Kier molecular flexibility index (Phi) is 4.47. The lowest BCUT2D eigenvalue weighted by Crippen LogP contribution is -2.23. The number of aryl methyl sites for hydroxylation is 1. The summed E-state index contributed by atoms with van der Waals surface area (Å²) in [6.07, 6.45) is 6.29. The third-order valence-corrected chi connectivity index (χ3v) is 4.43. The molecule has 0 saturated carbocycles. The Balaban J connectivity index is 1.38. The zero-order valence-electron chi connectivity index (χ0n) is 14.2. The molecule has 0 aliphatic rings. The lowest BCUT2D eigenvalue weighted by atomic mass is 10.1. The molecule has 2 heterocycles. The predicted octanol–water partition coefficient (Wildman–Crippen LogP) is 3.00.